The van der Waals surface area contributed by atoms with Crippen LogP contribution in [-0.4, -0.2) is 36.6 Å². The third kappa shape index (κ3) is 0.603. The predicted molar refractivity (Wildman–Crippen MR) is 34.7 cm³/mol. The van der Waals surface area contributed by atoms with E-state index in [1.165, 1.54) is 0 Å². The molecule has 0 spiro atoms. The summed E-state index contributed by atoms with van der Waals surface area (Å²) in [6.07, 6.45) is 0.229. The summed E-state index contributed by atoms with van der Waals surface area (Å²) in [5.41, 5.74) is -0.356. The number of fused-ring (bicyclic) bond motifs is 2. The molecule has 3 heteroatoms. The second-order valence-electron chi connectivity index (χ2n) is 3.17. The summed E-state index contributed by atoms with van der Waals surface area (Å²) in [6.45, 7) is 3.38. The molecule has 2 fully saturated rings. The number of ether oxygens (including phenoxy) is 2. The first-order valence-corrected chi connectivity index (χ1v) is 3.65. The third-order valence-corrected chi connectivity index (χ3v) is 2.73. The van der Waals surface area contributed by atoms with Gasteiger partial charge in [0.1, 0.15) is 5.60 Å². The fourth-order valence-corrected chi connectivity index (χ4v) is 1.71. The average Bonchev–Trinajstić information content (AvgIpc) is 2.46. The first kappa shape index (κ1) is 6.58. The topological polar surface area (TPSA) is 38.7 Å². The Morgan fingerprint density at radius 3 is 2.70 bits per heavy atom. The molecule has 2 heterocycles. The number of aliphatic hydroxyl groups excluding tert-OH is 1. The standard InChI is InChI=1S/C7H12O3/c1-5-6-2-10-7(5,3-8)4-9-6/h5-6,8H,2-4H2,1H3. The highest BCUT2D eigenvalue weighted by Gasteiger charge is 2.53. The van der Waals surface area contributed by atoms with E-state index >= 15 is 0 Å². The summed E-state index contributed by atoms with van der Waals surface area (Å²) in [5.74, 6) is 0.359. The summed E-state index contributed by atoms with van der Waals surface area (Å²) in [5, 5.41) is 9.01. The molecule has 2 saturated heterocycles. The molecule has 2 rings (SSSR count). The van der Waals surface area contributed by atoms with Gasteiger partial charge in [-0.1, -0.05) is 6.92 Å². The Bertz CT molecular complexity index is 138. The number of aliphatic hydroxyl groups is 1. The Labute approximate surface area is 59.9 Å². The van der Waals surface area contributed by atoms with Crippen LogP contribution in [0.5, 0.6) is 0 Å². The molecule has 1 N–H and O–H groups in total. The van der Waals surface area contributed by atoms with Crippen LogP contribution in [0.1, 0.15) is 6.92 Å². The molecule has 0 aromatic heterocycles. The minimum atomic E-state index is -0.356. The SMILES string of the molecule is CC1C2COC1(CO)CO2. The van der Waals surface area contributed by atoms with Crippen LogP contribution in [0, 0.1) is 5.92 Å². The summed E-state index contributed by atoms with van der Waals surface area (Å²) >= 11 is 0. The molecule has 2 bridgehead atoms. The second kappa shape index (κ2) is 1.94. The zero-order valence-electron chi connectivity index (χ0n) is 6.04. The molecule has 0 radical (unpaired) electrons. The molecule has 0 saturated carbocycles. The van der Waals surface area contributed by atoms with E-state index in [4.69, 9.17) is 14.6 Å². The zero-order chi connectivity index (χ0) is 7.19. The fourth-order valence-electron chi connectivity index (χ4n) is 1.71. The summed E-state index contributed by atoms with van der Waals surface area (Å²) in [7, 11) is 0. The van der Waals surface area contributed by atoms with Crippen LogP contribution in [0.15, 0.2) is 0 Å². The van der Waals surface area contributed by atoms with E-state index < -0.39 is 0 Å². The first-order chi connectivity index (χ1) is 4.78. The van der Waals surface area contributed by atoms with Gasteiger partial charge in [-0.05, 0) is 0 Å². The summed E-state index contributed by atoms with van der Waals surface area (Å²) in [4.78, 5) is 0. The summed E-state index contributed by atoms with van der Waals surface area (Å²) in [6, 6.07) is 0. The molecular weight excluding hydrogens is 132 g/mol. The van der Waals surface area contributed by atoms with Crippen molar-refractivity contribution < 1.29 is 14.6 Å². The van der Waals surface area contributed by atoms with Crippen LogP contribution in [-0.2, 0) is 9.47 Å². The maximum Gasteiger partial charge on any atom is 0.120 e. The maximum atomic E-state index is 9.01. The molecule has 10 heavy (non-hydrogen) atoms. The first-order valence-electron chi connectivity index (χ1n) is 3.65. The van der Waals surface area contributed by atoms with Gasteiger partial charge in [-0.25, -0.2) is 0 Å². The maximum absolute atomic E-state index is 9.01. The van der Waals surface area contributed by atoms with Crippen molar-refractivity contribution in [2.24, 2.45) is 5.92 Å². The molecule has 3 unspecified atom stereocenters. The molecule has 3 atom stereocenters. The van der Waals surface area contributed by atoms with Crippen LogP contribution < -0.4 is 0 Å². The molecular formula is C7H12O3. The number of hydrogen-bond acceptors (Lipinski definition) is 3. The molecule has 2 aliphatic rings. The predicted octanol–water partition coefficient (Wildman–Crippen LogP) is -0.217. The molecule has 0 aromatic carbocycles. The quantitative estimate of drug-likeness (QED) is 0.553. The molecule has 58 valence electrons. The minimum Gasteiger partial charge on any atom is -0.393 e. The zero-order valence-corrected chi connectivity index (χ0v) is 6.04. The van der Waals surface area contributed by atoms with Crippen LogP contribution in [0.3, 0.4) is 0 Å². The second-order valence-corrected chi connectivity index (χ2v) is 3.17. The van der Waals surface area contributed by atoms with E-state index in [0.717, 1.165) is 0 Å². The van der Waals surface area contributed by atoms with E-state index in [-0.39, 0.29) is 18.3 Å². The lowest BCUT2D eigenvalue weighted by atomic mass is 9.92. The van der Waals surface area contributed by atoms with Gasteiger partial charge in [-0.2, -0.15) is 0 Å². The highest BCUT2D eigenvalue weighted by molar-refractivity contribution is 5.00. The highest BCUT2D eigenvalue weighted by atomic mass is 16.6. The average molecular weight is 144 g/mol. The van der Waals surface area contributed by atoms with Crippen LogP contribution in [0.25, 0.3) is 0 Å². The van der Waals surface area contributed by atoms with Gasteiger partial charge in [0, 0.05) is 5.92 Å². The Kier molecular flexibility index (Phi) is 1.27. The van der Waals surface area contributed by atoms with Crippen molar-refractivity contribution in [1.29, 1.82) is 0 Å². The number of rotatable bonds is 1. The van der Waals surface area contributed by atoms with Gasteiger partial charge in [0.2, 0.25) is 0 Å². The Balaban J connectivity index is 2.22. The van der Waals surface area contributed by atoms with E-state index in [2.05, 4.69) is 6.92 Å². The summed E-state index contributed by atoms with van der Waals surface area (Å²) < 4.78 is 10.8. The van der Waals surface area contributed by atoms with Gasteiger partial charge in [0.25, 0.3) is 0 Å². The largest absolute Gasteiger partial charge is 0.393 e. The van der Waals surface area contributed by atoms with E-state index in [1.807, 2.05) is 0 Å². The van der Waals surface area contributed by atoms with E-state index in [9.17, 15) is 0 Å². The van der Waals surface area contributed by atoms with Crippen LogP contribution in [0.4, 0.5) is 0 Å². The highest BCUT2D eigenvalue weighted by Crippen LogP contribution is 2.39. The lowest BCUT2D eigenvalue weighted by molar-refractivity contribution is -0.117. The van der Waals surface area contributed by atoms with Crippen molar-refractivity contribution >= 4 is 0 Å². The van der Waals surface area contributed by atoms with Crippen molar-refractivity contribution in [2.45, 2.75) is 18.6 Å². The van der Waals surface area contributed by atoms with Gasteiger partial charge in [-0.15, -0.1) is 0 Å². The lowest BCUT2D eigenvalue weighted by Crippen LogP contribution is -2.39. The van der Waals surface area contributed by atoms with Crippen molar-refractivity contribution in [2.75, 3.05) is 19.8 Å². The Morgan fingerprint density at radius 2 is 2.50 bits per heavy atom. The van der Waals surface area contributed by atoms with Crippen molar-refractivity contribution in [3.05, 3.63) is 0 Å². The van der Waals surface area contributed by atoms with Gasteiger partial charge in [0.05, 0.1) is 25.9 Å². The van der Waals surface area contributed by atoms with Crippen LogP contribution >= 0.6 is 0 Å². The van der Waals surface area contributed by atoms with Gasteiger partial charge in [-0.3, -0.25) is 0 Å². The molecule has 0 amide bonds. The molecule has 0 aliphatic carbocycles. The fraction of sp³-hybridized carbons (Fsp3) is 1.00. The normalized spacial score (nSPS) is 52.2. The molecule has 3 nitrogen and oxygen atoms in total. The Morgan fingerprint density at radius 1 is 1.70 bits per heavy atom. The smallest absolute Gasteiger partial charge is 0.120 e. The molecule has 0 aromatic rings. The van der Waals surface area contributed by atoms with Gasteiger partial charge in [0.15, 0.2) is 0 Å². The molecule has 2 aliphatic heterocycles. The minimum absolute atomic E-state index is 0.0880. The van der Waals surface area contributed by atoms with E-state index in [0.29, 0.717) is 19.1 Å². The third-order valence-electron chi connectivity index (χ3n) is 2.73. The van der Waals surface area contributed by atoms with Crippen molar-refractivity contribution in [3.8, 4) is 0 Å². The van der Waals surface area contributed by atoms with Crippen LogP contribution in [0.2, 0.25) is 0 Å². The van der Waals surface area contributed by atoms with Crippen molar-refractivity contribution in [3.63, 3.8) is 0 Å². The van der Waals surface area contributed by atoms with E-state index in [1.54, 1.807) is 0 Å². The monoisotopic (exact) mass is 144 g/mol. The van der Waals surface area contributed by atoms with Gasteiger partial charge < -0.3 is 14.6 Å². The van der Waals surface area contributed by atoms with Crippen molar-refractivity contribution in [1.82, 2.24) is 0 Å². The lowest BCUT2D eigenvalue weighted by Gasteiger charge is -2.25. The number of hydrogen-bond donors (Lipinski definition) is 1. The Hall–Kier alpha value is -0.120. The van der Waals surface area contributed by atoms with Gasteiger partial charge >= 0.3 is 0 Å².